The van der Waals surface area contributed by atoms with E-state index in [4.69, 9.17) is 16.3 Å². The molecular weight excluding hydrogens is 324 g/mol. The number of nitrogens with one attached hydrogen (secondary N) is 2. The van der Waals surface area contributed by atoms with Crippen LogP contribution in [-0.2, 0) is 11.3 Å². The van der Waals surface area contributed by atoms with Crippen molar-refractivity contribution in [3.05, 3.63) is 59.1 Å². The molecule has 0 aliphatic rings. The normalized spacial score (nSPS) is 11.8. The van der Waals surface area contributed by atoms with Crippen LogP contribution in [0.2, 0.25) is 5.02 Å². The molecule has 0 saturated carbocycles. The third-order valence-corrected chi connectivity index (χ3v) is 3.98. The highest BCUT2D eigenvalue weighted by Gasteiger charge is 2.05. The number of hydrogen-bond donors (Lipinski definition) is 2. The van der Waals surface area contributed by atoms with E-state index in [0.717, 1.165) is 23.4 Å². The van der Waals surface area contributed by atoms with Crippen molar-refractivity contribution in [2.24, 2.45) is 0 Å². The van der Waals surface area contributed by atoms with Crippen LogP contribution in [0.3, 0.4) is 0 Å². The van der Waals surface area contributed by atoms with Crippen molar-refractivity contribution in [3.8, 4) is 5.75 Å². The van der Waals surface area contributed by atoms with E-state index in [2.05, 4.69) is 17.6 Å². The maximum atomic E-state index is 12.0. The highest BCUT2D eigenvalue weighted by molar-refractivity contribution is 6.31. The van der Waals surface area contributed by atoms with Crippen molar-refractivity contribution >= 4 is 23.2 Å². The van der Waals surface area contributed by atoms with Crippen molar-refractivity contribution in [2.45, 2.75) is 32.9 Å². The van der Waals surface area contributed by atoms with Crippen molar-refractivity contribution in [2.75, 3.05) is 11.9 Å². The van der Waals surface area contributed by atoms with E-state index in [1.54, 1.807) is 0 Å². The van der Waals surface area contributed by atoms with Crippen LogP contribution < -0.4 is 15.4 Å². The fraction of sp³-hybridized carbons (Fsp3) is 0.316. The molecule has 4 nitrogen and oxygen atoms in total. The topological polar surface area (TPSA) is 50.4 Å². The minimum Gasteiger partial charge on any atom is -0.491 e. The first-order chi connectivity index (χ1) is 11.6. The molecule has 1 amide bonds. The monoisotopic (exact) mass is 346 g/mol. The van der Waals surface area contributed by atoms with Crippen LogP contribution in [0.4, 0.5) is 5.69 Å². The molecule has 0 aromatic heterocycles. The van der Waals surface area contributed by atoms with Crippen LogP contribution >= 0.6 is 11.6 Å². The first-order valence-electron chi connectivity index (χ1n) is 8.09. The average molecular weight is 347 g/mol. The molecule has 2 rings (SSSR count). The second-order valence-corrected chi connectivity index (χ2v) is 6.01. The van der Waals surface area contributed by atoms with Crippen LogP contribution in [0, 0.1) is 0 Å². The van der Waals surface area contributed by atoms with Crippen molar-refractivity contribution < 1.29 is 9.53 Å². The van der Waals surface area contributed by atoms with Crippen LogP contribution in [-0.4, -0.2) is 18.6 Å². The lowest BCUT2D eigenvalue weighted by molar-refractivity contribution is -0.115. The number of benzene rings is 2. The smallest absolute Gasteiger partial charge is 0.238 e. The lowest BCUT2D eigenvalue weighted by Crippen LogP contribution is -2.27. The summed E-state index contributed by atoms with van der Waals surface area (Å²) in [7, 11) is 0. The molecule has 2 aromatic rings. The summed E-state index contributed by atoms with van der Waals surface area (Å²) in [5, 5.41) is 6.63. The maximum absolute atomic E-state index is 12.0. The molecule has 0 aliphatic carbocycles. The molecular formula is C19H23ClN2O2. The molecule has 24 heavy (non-hydrogen) atoms. The third kappa shape index (κ3) is 5.87. The van der Waals surface area contributed by atoms with Crippen LogP contribution in [0.15, 0.2) is 48.5 Å². The van der Waals surface area contributed by atoms with E-state index in [-0.39, 0.29) is 18.6 Å². The lowest BCUT2D eigenvalue weighted by Gasteiger charge is -2.13. The predicted octanol–water partition coefficient (Wildman–Crippen LogP) is 4.25. The first kappa shape index (κ1) is 18.3. The molecule has 1 atom stereocenters. The Morgan fingerprint density at radius 2 is 1.88 bits per heavy atom. The zero-order valence-corrected chi connectivity index (χ0v) is 14.8. The van der Waals surface area contributed by atoms with Gasteiger partial charge in [-0.15, -0.1) is 0 Å². The minimum absolute atomic E-state index is 0.0994. The zero-order chi connectivity index (χ0) is 17.4. The Hall–Kier alpha value is -2.04. The van der Waals surface area contributed by atoms with Gasteiger partial charge in [-0.05, 0) is 49.2 Å². The zero-order valence-electron chi connectivity index (χ0n) is 14.0. The minimum atomic E-state index is -0.0994. The van der Waals surface area contributed by atoms with Gasteiger partial charge in [-0.25, -0.2) is 0 Å². The number of ether oxygens (including phenoxy) is 1. The predicted molar refractivity (Wildman–Crippen MR) is 98.6 cm³/mol. The van der Waals surface area contributed by atoms with Gasteiger partial charge in [0.05, 0.1) is 12.6 Å². The second-order valence-electron chi connectivity index (χ2n) is 5.60. The standard InChI is InChI=1S/C19H23ClN2O2/c1-3-14(2)24-17-10-8-16(9-11-17)22-19(23)13-21-12-15-6-4-5-7-18(15)20/h4-11,14,21H,3,12-13H2,1-2H3,(H,22,23). The Balaban J connectivity index is 1.77. The molecule has 0 aliphatic heterocycles. The van der Waals surface area contributed by atoms with Gasteiger partial charge in [0.15, 0.2) is 0 Å². The Bertz CT molecular complexity index is 659. The Morgan fingerprint density at radius 1 is 1.17 bits per heavy atom. The SMILES string of the molecule is CCC(C)Oc1ccc(NC(=O)CNCc2ccccc2Cl)cc1. The van der Waals surface area contributed by atoms with E-state index < -0.39 is 0 Å². The summed E-state index contributed by atoms with van der Waals surface area (Å²) in [5.74, 6) is 0.705. The van der Waals surface area contributed by atoms with Gasteiger partial charge in [0.2, 0.25) is 5.91 Å². The number of carbonyl (C=O) groups excluding carboxylic acids is 1. The van der Waals surface area contributed by atoms with Crippen molar-refractivity contribution in [3.63, 3.8) is 0 Å². The van der Waals surface area contributed by atoms with Gasteiger partial charge in [-0.1, -0.05) is 36.7 Å². The van der Waals surface area contributed by atoms with Gasteiger partial charge < -0.3 is 15.4 Å². The number of amides is 1. The molecule has 2 N–H and O–H groups in total. The summed E-state index contributed by atoms with van der Waals surface area (Å²) in [6, 6.07) is 15.0. The molecule has 0 spiro atoms. The van der Waals surface area contributed by atoms with E-state index in [1.165, 1.54) is 0 Å². The molecule has 0 radical (unpaired) electrons. The Labute approximate surface area is 148 Å². The summed E-state index contributed by atoms with van der Waals surface area (Å²) in [6.07, 6.45) is 1.13. The summed E-state index contributed by atoms with van der Waals surface area (Å²) >= 11 is 6.08. The number of anilines is 1. The number of carbonyl (C=O) groups is 1. The number of hydrogen-bond acceptors (Lipinski definition) is 3. The average Bonchev–Trinajstić information content (AvgIpc) is 2.58. The highest BCUT2D eigenvalue weighted by Crippen LogP contribution is 2.17. The van der Waals surface area contributed by atoms with E-state index in [1.807, 2.05) is 55.5 Å². The Kier molecular flexibility index (Phi) is 7.09. The van der Waals surface area contributed by atoms with Gasteiger partial charge in [0.1, 0.15) is 5.75 Å². The van der Waals surface area contributed by atoms with E-state index in [9.17, 15) is 4.79 Å². The Morgan fingerprint density at radius 3 is 2.54 bits per heavy atom. The first-order valence-corrected chi connectivity index (χ1v) is 8.47. The van der Waals surface area contributed by atoms with E-state index in [0.29, 0.717) is 11.6 Å². The molecule has 5 heteroatoms. The molecule has 1 unspecified atom stereocenters. The fourth-order valence-electron chi connectivity index (χ4n) is 2.09. The molecule has 128 valence electrons. The third-order valence-electron chi connectivity index (χ3n) is 3.61. The van der Waals surface area contributed by atoms with Crippen LogP contribution in [0.25, 0.3) is 0 Å². The van der Waals surface area contributed by atoms with Gasteiger partial charge >= 0.3 is 0 Å². The van der Waals surface area contributed by atoms with Gasteiger partial charge in [0.25, 0.3) is 0 Å². The summed E-state index contributed by atoms with van der Waals surface area (Å²) in [5.41, 5.74) is 1.72. The van der Waals surface area contributed by atoms with Gasteiger partial charge in [-0.2, -0.15) is 0 Å². The maximum Gasteiger partial charge on any atom is 0.238 e. The number of halogens is 1. The summed E-state index contributed by atoms with van der Waals surface area (Å²) in [6.45, 7) is 4.88. The molecule has 0 heterocycles. The number of rotatable bonds is 8. The highest BCUT2D eigenvalue weighted by atomic mass is 35.5. The van der Waals surface area contributed by atoms with Gasteiger partial charge in [0, 0.05) is 17.3 Å². The van der Waals surface area contributed by atoms with Crippen molar-refractivity contribution in [1.29, 1.82) is 0 Å². The molecule has 0 saturated heterocycles. The quantitative estimate of drug-likeness (QED) is 0.751. The molecule has 2 aromatic carbocycles. The van der Waals surface area contributed by atoms with Crippen LogP contribution in [0.1, 0.15) is 25.8 Å². The summed E-state index contributed by atoms with van der Waals surface area (Å²) in [4.78, 5) is 12.0. The molecule has 0 bridgehead atoms. The van der Waals surface area contributed by atoms with E-state index >= 15 is 0 Å². The second kappa shape index (κ2) is 9.30. The lowest BCUT2D eigenvalue weighted by atomic mass is 10.2. The summed E-state index contributed by atoms with van der Waals surface area (Å²) < 4.78 is 5.71. The fourth-order valence-corrected chi connectivity index (χ4v) is 2.29. The molecule has 0 fully saturated rings. The largest absolute Gasteiger partial charge is 0.491 e. The van der Waals surface area contributed by atoms with Gasteiger partial charge in [-0.3, -0.25) is 4.79 Å². The van der Waals surface area contributed by atoms with Crippen molar-refractivity contribution in [1.82, 2.24) is 5.32 Å². The van der Waals surface area contributed by atoms with Crippen LogP contribution in [0.5, 0.6) is 5.75 Å².